The Hall–Kier alpha value is -1.81. The molecule has 2 rings (SSSR count). The summed E-state index contributed by atoms with van der Waals surface area (Å²) in [5.41, 5.74) is 3.13. The molecule has 1 aromatic carbocycles. The lowest BCUT2D eigenvalue weighted by molar-refractivity contribution is 0.0698. The van der Waals surface area contributed by atoms with Crippen LogP contribution in [0.25, 0.3) is 11.1 Å². The van der Waals surface area contributed by atoms with E-state index in [4.69, 9.17) is 9.84 Å². The van der Waals surface area contributed by atoms with Gasteiger partial charge in [0.05, 0.1) is 12.7 Å². The molecule has 0 unspecified atom stereocenters. The van der Waals surface area contributed by atoms with Crippen molar-refractivity contribution in [1.29, 1.82) is 0 Å². The normalized spacial score (nSPS) is 10.3. The monoisotopic (exact) mass is 262 g/mol. The van der Waals surface area contributed by atoms with E-state index in [0.717, 1.165) is 28.9 Å². The summed E-state index contributed by atoms with van der Waals surface area (Å²) in [6.07, 6.45) is 0.851. The first-order chi connectivity index (χ1) is 8.67. The SMILES string of the molecule is CCc1cc(-c2cscc2C(=O)O)ccc1OC. The van der Waals surface area contributed by atoms with Crippen LogP contribution in [0.15, 0.2) is 29.0 Å². The minimum Gasteiger partial charge on any atom is -0.496 e. The molecule has 1 aromatic heterocycles. The Morgan fingerprint density at radius 1 is 1.39 bits per heavy atom. The molecule has 0 aliphatic carbocycles. The predicted octanol–water partition coefficient (Wildman–Crippen LogP) is 3.68. The zero-order valence-corrected chi connectivity index (χ0v) is 11.1. The van der Waals surface area contributed by atoms with Gasteiger partial charge in [0.15, 0.2) is 0 Å². The number of benzene rings is 1. The molecule has 4 heteroatoms. The van der Waals surface area contributed by atoms with Crippen molar-refractivity contribution in [3.8, 4) is 16.9 Å². The lowest BCUT2D eigenvalue weighted by Gasteiger charge is -2.09. The van der Waals surface area contributed by atoms with Gasteiger partial charge in [-0.05, 0) is 35.1 Å². The highest BCUT2D eigenvalue weighted by atomic mass is 32.1. The molecule has 94 valence electrons. The molecule has 0 radical (unpaired) electrons. The van der Waals surface area contributed by atoms with Gasteiger partial charge in [-0.25, -0.2) is 4.79 Å². The third kappa shape index (κ3) is 2.24. The Kier molecular flexibility index (Phi) is 3.67. The van der Waals surface area contributed by atoms with Crippen molar-refractivity contribution >= 4 is 17.3 Å². The minimum absolute atomic E-state index is 0.354. The number of aromatic carboxylic acids is 1. The number of rotatable bonds is 4. The summed E-state index contributed by atoms with van der Waals surface area (Å²) in [6.45, 7) is 2.05. The fourth-order valence-corrected chi connectivity index (χ4v) is 2.74. The van der Waals surface area contributed by atoms with Crippen LogP contribution >= 0.6 is 11.3 Å². The topological polar surface area (TPSA) is 46.5 Å². The summed E-state index contributed by atoms with van der Waals surface area (Å²) in [7, 11) is 1.64. The summed E-state index contributed by atoms with van der Waals surface area (Å²) in [5, 5.41) is 12.7. The van der Waals surface area contributed by atoms with Crippen LogP contribution in [0.1, 0.15) is 22.8 Å². The highest BCUT2D eigenvalue weighted by molar-refractivity contribution is 7.08. The fourth-order valence-electron chi connectivity index (χ4n) is 1.91. The van der Waals surface area contributed by atoms with Crippen molar-refractivity contribution in [2.24, 2.45) is 0 Å². The van der Waals surface area contributed by atoms with E-state index in [2.05, 4.69) is 0 Å². The van der Waals surface area contributed by atoms with Gasteiger partial charge >= 0.3 is 5.97 Å². The van der Waals surface area contributed by atoms with Gasteiger partial charge in [0.2, 0.25) is 0 Å². The molecule has 0 aliphatic heterocycles. The van der Waals surface area contributed by atoms with E-state index in [1.54, 1.807) is 12.5 Å². The molecular weight excluding hydrogens is 248 g/mol. The maximum atomic E-state index is 11.1. The number of carboxylic acids is 1. The first kappa shape index (κ1) is 12.6. The molecule has 1 heterocycles. The number of aryl methyl sites for hydroxylation is 1. The molecule has 18 heavy (non-hydrogen) atoms. The average molecular weight is 262 g/mol. The number of hydrogen-bond donors (Lipinski definition) is 1. The van der Waals surface area contributed by atoms with E-state index >= 15 is 0 Å². The van der Waals surface area contributed by atoms with Gasteiger partial charge in [0.1, 0.15) is 5.75 Å². The van der Waals surface area contributed by atoms with Crippen LogP contribution in [0.5, 0.6) is 5.75 Å². The molecule has 0 fully saturated rings. The molecule has 3 nitrogen and oxygen atoms in total. The lowest BCUT2D eigenvalue weighted by Crippen LogP contribution is -1.97. The predicted molar refractivity (Wildman–Crippen MR) is 72.6 cm³/mol. The quantitative estimate of drug-likeness (QED) is 0.914. The van der Waals surface area contributed by atoms with E-state index in [1.807, 2.05) is 30.5 Å². The second-order valence-corrected chi connectivity index (χ2v) is 4.63. The average Bonchev–Trinajstić information content (AvgIpc) is 2.87. The molecule has 1 N–H and O–H groups in total. The van der Waals surface area contributed by atoms with Gasteiger partial charge in [0.25, 0.3) is 0 Å². The van der Waals surface area contributed by atoms with E-state index in [0.29, 0.717) is 5.56 Å². The second kappa shape index (κ2) is 5.23. The minimum atomic E-state index is -0.889. The highest BCUT2D eigenvalue weighted by Gasteiger charge is 2.13. The van der Waals surface area contributed by atoms with Gasteiger partial charge in [-0.3, -0.25) is 0 Å². The van der Waals surface area contributed by atoms with Crippen LogP contribution in [0.3, 0.4) is 0 Å². The molecule has 0 amide bonds. The molecule has 0 aliphatic rings. The fraction of sp³-hybridized carbons (Fsp3) is 0.214. The van der Waals surface area contributed by atoms with Crippen molar-refractivity contribution in [2.75, 3.05) is 7.11 Å². The Bertz CT molecular complexity index is 572. The summed E-state index contributed by atoms with van der Waals surface area (Å²) >= 11 is 1.40. The number of ether oxygens (including phenoxy) is 1. The Balaban J connectivity index is 2.51. The van der Waals surface area contributed by atoms with Crippen molar-refractivity contribution in [3.05, 3.63) is 40.1 Å². The Morgan fingerprint density at radius 2 is 2.17 bits per heavy atom. The highest BCUT2D eigenvalue weighted by Crippen LogP contribution is 2.31. The molecule has 0 bridgehead atoms. The van der Waals surface area contributed by atoms with E-state index in [-0.39, 0.29) is 0 Å². The van der Waals surface area contributed by atoms with Gasteiger partial charge < -0.3 is 9.84 Å². The van der Waals surface area contributed by atoms with Gasteiger partial charge in [0, 0.05) is 10.9 Å². The van der Waals surface area contributed by atoms with E-state index in [1.165, 1.54) is 11.3 Å². The first-order valence-electron chi connectivity index (χ1n) is 5.64. The molecule has 0 atom stereocenters. The zero-order valence-electron chi connectivity index (χ0n) is 10.3. The molecular formula is C14H14O3S. The van der Waals surface area contributed by atoms with Crippen molar-refractivity contribution < 1.29 is 14.6 Å². The first-order valence-corrected chi connectivity index (χ1v) is 6.58. The Labute approximate surface area is 110 Å². The zero-order chi connectivity index (χ0) is 13.1. The maximum Gasteiger partial charge on any atom is 0.337 e. The van der Waals surface area contributed by atoms with Crippen LogP contribution in [0.4, 0.5) is 0 Å². The Morgan fingerprint density at radius 3 is 2.78 bits per heavy atom. The van der Waals surface area contributed by atoms with Crippen LogP contribution in [0.2, 0.25) is 0 Å². The van der Waals surface area contributed by atoms with Crippen LogP contribution in [-0.2, 0) is 6.42 Å². The molecule has 2 aromatic rings. The van der Waals surface area contributed by atoms with Crippen LogP contribution in [0, 0.1) is 0 Å². The molecule has 0 saturated carbocycles. The number of carbonyl (C=O) groups is 1. The van der Waals surface area contributed by atoms with Crippen molar-refractivity contribution in [1.82, 2.24) is 0 Å². The number of carboxylic acid groups (broad SMARTS) is 1. The third-order valence-electron chi connectivity index (χ3n) is 2.86. The number of methoxy groups -OCH3 is 1. The summed E-state index contributed by atoms with van der Waals surface area (Å²) in [4.78, 5) is 11.1. The maximum absolute atomic E-state index is 11.1. The largest absolute Gasteiger partial charge is 0.496 e. The molecule has 0 saturated heterocycles. The smallest absolute Gasteiger partial charge is 0.337 e. The lowest BCUT2D eigenvalue weighted by atomic mass is 10.0. The van der Waals surface area contributed by atoms with Gasteiger partial charge in [-0.1, -0.05) is 13.0 Å². The van der Waals surface area contributed by atoms with Crippen LogP contribution < -0.4 is 4.74 Å². The summed E-state index contributed by atoms with van der Waals surface area (Å²) < 4.78 is 5.27. The van der Waals surface area contributed by atoms with Crippen LogP contribution in [-0.4, -0.2) is 18.2 Å². The van der Waals surface area contributed by atoms with Crippen molar-refractivity contribution in [3.63, 3.8) is 0 Å². The standard InChI is InChI=1S/C14H14O3S/c1-3-9-6-10(4-5-13(9)17-2)11-7-18-8-12(11)14(15)16/h4-8H,3H2,1-2H3,(H,15,16). The van der Waals surface area contributed by atoms with Crippen molar-refractivity contribution in [2.45, 2.75) is 13.3 Å². The number of thiophene rings is 1. The second-order valence-electron chi connectivity index (χ2n) is 3.88. The van der Waals surface area contributed by atoms with E-state index < -0.39 is 5.97 Å². The van der Waals surface area contributed by atoms with E-state index in [9.17, 15) is 4.79 Å². The van der Waals surface area contributed by atoms with Gasteiger partial charge in [-0.15, -0.1) is 0 Å². The summed E-state index contributed by atoms with van der Waals surface area (Å²) in [6, 6.07) is 5.78. The summed E-state index contributed by atoms with van der Waals surface area (Å²) in [5.74, 6) is -0.0477. The number of hydrogen-bond acceptors (Lipinski definition) is 3. The molecule has 0 spiro atoms. The third-order valence-corrected chi connectivity index (χ3v) is 3.61. The van der Waals surface area contributed by atoms with Gasteiger partial charge in [-0.2, -0.15) is 11.3 Å².